The third kappa shape index (κ3) is 2.80. The van der Waals surface area contributed by atoms with Gasteiger partial charge in [0.15, 0.2) is 0 Å². The Hall–Kier alpha value is -1.60. The van der Waals surface area contributed by atoms with Crippen LogP contribution in [0.25, 0.3) is 0 Å². The fourth-order valence-corrected chi connectivity index (χ4v) is 2.35. The highest BCUT2D eigenvalue weighted by Crippen LogP contribution is 2.27. The summed E-state index contributed by atoms with van der Waals surface area (Å²) in [5, 5.41) is 12.6. The molecule has 1 atom stereocenters. The van der Waals surface area contributed by atoms with Crippen LogP contribution in [0.4, 0.5) is 10.1 Å². The van der Waals surface area contributed by atoms with Gasteiger partial charge in [-0.3, -0.25) is 0 Å². The van der Waals surface area contributed by atoms with Crippen LogP contribution < -0.4 is 5.32 Å². The van der Waals surface area contributed by atoms with E-state index >= 15 is 0 Å². The minimum Gasteiger partial charge on any atom is -0.365 e. The molecule has 0 aromatic heterocycles. The predicted octanol–water partition coefficient (Wildman–Crippen LogP) is 2.62. The van der Waals surface area contributed by atoms with Gasteiger partial charge < -0.3 is 10.2 Å². The lowest BCUT2D eigenvalue weighted by molar-refractivity contribution is 0.344. The third-order valence-corrected chi connectivity index (χ3v) is 3.53. The number of nitrogens with one attached hydrogen (secondary N) is 1. The number of nitriles is 1. The van der Waals surface area contributed by atoms with E-state index in [0.29, 0.717) is 12.1 Å². The Bertz CT molecular complexity index is 455. The molecule has 1 heterocycles. The molecule has 2 rings (SSSR count). The van der Waals surface area contributed by atoms with E-state index in [-0.39, 0.29) is 5.82 Å². The second-order valence-corrected chi connectivity index (χ2v) is 4.96. The molecule has 3 nitrogen and oxygen atoms in total. The Kier molecular flexibility index (Phi) is 3.83. The summed E-state index contributed by atoms with van der Waals surface area (Å²) in [6, 6.07) is 8.88. The Labute approximate surface area is 107 Å². The maximum absolute atomic E-state index is 13.6. The van der Waals surface area contributed by atoms with Gasteiger partial charge in [0.25, 0.3) is 0 Å². The molecule has 1 saturated heterocycles. The number of benzene rings is 1. The maximum Gasteiger partial charge on any atom is 0.146 e. The molecule has 0 spiro atoms. The van der Waals surface area contributed by atoms with E-state index < -0.39 is 5.54 Å². The van der Waals surface area contributed by atoms with Crippen molar-refractivity contribution in [3.8, 4) is 6.07 Å². The van der Waals surface area contributed by atoms with Crippen molar-refractivity contribution in [2.45, 2.75) is 24.8 Å². The zero-order valence-electron chi connectivity index (χ0n) is 10.6. The van der Waals surface area contributed by atoms with Crippen LogP contribution in [0.3, 0.4) is 0 Å². The van der Waals surface area contributed by atoms with Crippen molar-refractivity contribution in [3.05, 3.63) is 30.1 Å². The molecule has 1 aliphatic rings. The first kappa shape index (κ1) is 12.8. The van der Waals surface area contributed by atoms with Gasteiger partial charge in [-0.1, -0.05) is 12.1 Å². The summed E-state index contributed by atoms with van der Waals surface area (Å²) in [5.41, 5.74) is -0.226. The van der Waals surface area contributed by atoms with Crippen LogP contribution in [0.1, 0.15) is 19.3 Å². The topological polar surface area (TPSA) is 39.1 Å². The monoisotopic (exact) mass is 247 g/mol. The van der Waals surface area contributed by atoms with Gasteiger partial charge in [-0.05, 0) is 45.0 Å². The zero-order valence-corrected chi connectivity index (χ0v) is 10.6. The SMILES string of the molecule is CN1CCCC(C#N)(Nc2ccccc2F)CC1. The van der Waals surface area contributed by atoms with Crippen LogP contribution in [0.15, 0.2) is 24.3 Å². The standard InChI is InChI=1S/C14H18FN3/c1-18-9-4-7-14(11-16,8-10-18)17-13-6-3-2-5-12(13)15/h2-3,5-6,17H,4,7-10H2,1H3. The molecule has 1 fully saturated rings. The van der Waals surface area contributed by atoms with Crippen LogP contribution in [-0.2, 0) is 0 Å². The normalized spacial score (nSPS) is 25.2. The molecular formula is C14H18FN3. The lowest BCUT2D eigenvalue weighted by atomic mass is 9.92. The fourth-order valence-electron chi connectivity index (χ4n) is 2.35. The third-order valence-electron chi connectivity index (χ3n) is 3.53. The average Bonchev–Trinajstić information content (AvgIpc) is 2.56. The highest BCUT2D eigenvalue weighted by atomic mass is 19.1. The maximum atomic E-state index is 13.6. The van der Waals surface area contributed by atoms with Crippen molar-refractivity contribution in [3.63, 3.8) is 0 Å². The molecule has 0 saturated carbocycles. The Morgan fingerprint density at radius 2 is 2.11 bits per heavy atom. The van der Waals surface area contributed by atoms with Gasteiger partial charge in [0.2, 0.25) is 0 Å². The minimum atomic E-state index is -0.646. The van der Waals surface area contributed by atoms with Crippen LogP contribution in [0, 0.1) is 17.1 Å². The average molecular weight is 247 g/mol. The summed E-state index contributed by atoms with van der Waals surface area (Å²) in [6.45, 7) is 1.84. The van der Waals surface area contributed by atoms with Crippen molar-refractivity contribution in [2.24, 2.45) is 0 Å². The molecule has 4 heteroatoms. The van der Waals surface area contributed by atoms with E-state index in [4.69, 9.17) is 0 Å². The number of nitrogens with zero attached hydrogens (tertiary/aromatic N) is 2. The molecule has 1 aromatic carbocycles. The van der Waals surface area contributed by atoms with Crippen molar-refractivity contribution in [1.82, 2.24) is 4.90 Å². The van der Waals surface area contributed by atoms with Gasteiger partial charge in [0, 0.05) is 6.54 Å². The van der Waals surface area contributed by atoms with Gasteiger partial charge in [-0.25, -0.2) is 4.39 Å². The van der Waals surface area contributed by atoms with Crippen molar-refractivity contribution < 1.29 is 4.39 Å². The van der Waals surface area contributed by atoms with Crippen molar-refractivity contribution in [2.75, 3.05) is 25.5 Å². The summed E-state index contributed by atoms with van der Waals surface area (Å²) in [6.07, 6.45) is 2.42. The Morgan fingerprint density at radius 3 is 2.83 bits per heavy atom. The number of anilines is 1. The number of hydrogen-bond donors (Lipinski definition) is 1. The van der Waals surface area contributed by atoms with Gasteiger partial charge in [-0.15, -0.1) is 0 Å². The largest absolute Gasteiger partial charge is 0.365 e. The first-order chi connectivity index (χ1) is 8.65. The van der Waals surface area contributed by atoms with Crippen LogP contribution in [0.2, 0.25) is 0 Å². The lowest BCUT2D eigenvalue weighted by Crippen LogP contribution is -2.38. The van der Waals surface area contributed by atoms with E-state index in [1.165, 1.54) is 6.07 Å². The van der Waals surface area contributed by atoms with E-state index in [1.54, 1.807) is 18.2 Å². The number of hydrogen-bond acceptors (Lipinski definition) is 3. The molecule has 1 aliphatic heterocycles. The Morgan fingerprint density at radius 1 is 1.33 bits per heavy atom. The molecule has 0 bridgehead atoms. The van der Waals surface area contributed by atoms with Gasteiger partial charge in [-0.2, -0.15) is 5.26 Å². The van der Waals surface area contributed by atoms with Crippen molar-refractivity contribution in [1.29, 1.82) is 5.26 Å². The number of para-hydroxylation sites is 1. The van der Waals surface area contributed by atoms with Crippen molar-refractivity contribution >= 4 is 5.69 Å². The molecule has 1 unspecified atom stereocenters. The van der Waals surface area contributed by atoms with Crippen LogP contribution >= 0.6 is 0 Å². The zero-order chi connectivity index (χ0) is 13.0. The molecule has 0 radical (unpaired) electrons. The second-order valence-electron chi connectivity index (χ2n) is 4.96. The highest BCUT2D eigenvalue weighted by molar-refractivity contribution is 5.49. The molecular weight excluding hydrogens is 229 g/mol. The van der Waals surface area contributed by atoms with Crippen LogP contribution in [0.5, 0.6) is 0 Å². The summed E-state index contributed by atoms with van der Waals surface area (Å²) < 4.78 is 13.6. The lowest BCUT2D eigenvalue weighted by Gasteiger charge is -2.27. The molecule has 0 aliphatic carbocycles. The van der Waals surface area contributed by atoms with E-state index in [2.05, 4.69) is 23.3 Å². The van der Waals surface area contributed by atoms with Gasteiger partial charge in [0.05, 0.1) is 11.8 Å². The van der Waals surface area contributed by atoms with E-state index in [9.17, 15) is 9.65 Å². The van der Waals surface area contributed by atoms with Gasteiger partial charge in [0.1, 0.15) is 11.4 Å². The Balaban J connectivity index is 2.18. The highest BCUT2D eigenvalue weighted by Gasteiger charge is 2.32. The molecule has 18 heavy (non-hydrogen) atoms. The van der Waals surface area contributed by atoms with E-state index in [1.807, 2.05) is 0 Å². The quantitative estimate of drug-likeness (QED) is 0.873. The summed E-state index contributed by atoms with van der Waals surface area (Å²) in [7, 11) is 2.05. The smallest absolute Gasteiger partial charge is 0.146 e. The first-order valence-electron chi connectivity index (χ1n) is 6.28. The van der Waals surface area contributed by atoms with E-state index in [0.717, 1.165) is 25.9 Å². The second kappa shape index (κ2) is 5.36. The minimum absolute atomic E-state index is 0.301. The summed E-state index contributed by atoms with van der Waals surface area (Å²) in [4.78, 5) is 2.21. The summed E-state index contributed by atoms with van der Waals surface area (Å²) >= 11 is 0. The van der Waals surface area contributed by atoms with Crippen LogP contribution in [-0.4, -0.2) is 30.6 Å². The molecule has 1 N–H and O–H groups in total. The molecule has 96 valence electrons. The first-order valence-corrected chi connectivity index (χ1v) is 6.28. The number of halogens is 1. The summed E-state index contributed by atoms with van der Waals surface area (Å²) in [5.74, 6) is -0.301. The molecule has 0 amide bonds. The van der Waals surface area contributed by atoms with Gasteiger partial charge >= 0.3 is 0 Å². The number of likely N-dealkylation sites (tertiary alicyclic amines) is 1. The fraction of sp³-hybridized carbons (Fsp3) is 0.500. The number of rotatable bonds is 2. The predicted molar refractivity (Wildman–Crippen MR) is 69.7 cm³/mol. The molecule has 1 aromatic rings.